The van der Waals surface area contributed by atoms with Crippen LogP contribution < -0.4 is 15.0 Å². The molecule has 0 aliphatic rings. The van der Waals surface area contributed by atoms with Crippen LogP contribution in [-0.2, 0) is 16.1 Å². The van der Waals surface area contributed by atoms with E-state index >= 15 is 0 Å². The topological polar surface area (TPSA) is 89.9 Å². The first-order valence-corrected chi connectivity index (χ1v) is 11.8. The molecule has 0 bridgehead atoms. The minimum atomic E-state index is -1.01. The molecule has 2 N–H and O–H groups in total. The number of hydrogen-bond donors (Lipinski definition) is 2. The van der Waals surface area contributed by atoms with Crippen LogP contribution in [-0.4, -0.2) is 35.4 Å². The summed E-state index contributed by atoms with van der Waals surface area (Å²) in [5.74, 6) is 0.166. The van der Waals surface area contributed by atoms with Crippen molar-refractivity contribution < 1.29 is 24.2 Å². The normalized spacial score (nSPS) is 11.4. The molecule has 1 unspecified atom stereocenters. The quantitative estimate of drug-likeness (QED) is 0.189. The number of rotatable bonds is 13. The molecule has 4 rings (SSSR count). The van der Waals surface area contributed by atoms with Gasteiger partial charge in [-0.15, -0.1) is 0 Å². The van der Waals surface area contributed by atoms with E-state index in [1.165, 1.54) is 0 Å². The molecular weight excluding hydrogens is 468 g/mol. The third kappa shape index (κ3) is 7.68. The van der Waals surface area contributed by atoms with Crippen molar-refractivity contribution in [1.29, 1.82) is 0 Å². The summed E-state index contributed by atoms with van der Waals surface area (Å²) in [6.45, 7) is 4.64. The molecule has 188 valence electrons. The van der Waals surface area contributed by atoms with Gasteiger partial charge in [-0.3, -0.25) is 15.3 Å². The molecule has 0 saturated heterocycles. The lowest BCUT2D eigenvalue weighted by Crippen LogP contribution is -2.29. The number of ether oxygens (including phenoxy) is 2. The van der Waals surface area contributed by atoms with Gasteiger partial charge in [0.1, 0.15) is 24.7 Å². The highest BCUT2D eigenvalue weighted by Crippen LogP contribution is 2.20. The Labute approximate surface area is 215 Å². The van der Waals surface area contributed by atoms with Crippen molar-refractivity contribution >= 4 is 11.7 Å². The Kier molecular flexibility index (Phi) is 8.88. The maximum Gasteiger partial charge on any atom is 0.345 e. The zero-order chi connectivity index (χ0) is 25.9. The molecular formula is C30H28N2O5. The van der Waals surface area contributed by atoms with Gasteiger partial charge >= 0.3 is 5.97 Å². The molecule has 7 nitrogen and oxygen atoms in total. The van der Waals surface area contributed by atoms with E-state index in [1.807, 2.05) is 60.7 Å². The largest absolute Gasteiger partial charge is 0.491 e. The molecule has 0 spiro atoms. The molecule has 3 aromatic carbocycles. The fourth-order valence-electron chi connectivity index (χ4n) is 3.55. The van der Waals surface area contributed by atoms with Crippen LogP contribution in [0.3, 0.4) is 0 Å². The van der Waals surface area contributed by atoms with Gasteiger partial charge in [0.15, 0.2) is 6.10 Å². The van der Waals surface area contributed by atoms with Crippen molar-refractivity contribution in [1.82, 2.24) is 10.5 Å². The van der Waals surface area contributed by atoms with E-state index in [-0.39, 0.29) is 6.42 Å². The van der Waals surface area contributed by atoms with Gasteiger partial charge in [-0.1, -0.05) is 67.2 Å². The van der Waals surface area contributed by atoms with Crippen molar-refractivity contribution in [2.75, 3.05) is 13.2 Å². The number of hydrogen-bond acceptors (Lipinski definition) is 6. The van der Waals surface area contributed by atoms with Gasteiger partial charge < -0.3 is 14.6 Å². The predicted molar refractivity (Wildman–Crippen MR) is 142 cm³/mol. The number of nitrogens with one attached hydrogen (secondary N) is 1. The van der Waals surface area contributed by atoms with Crippen molar-refractivity contribution in [3.63, 3.8) is 0 Å². The molecule has 0 fully saturated rings. The fraction of sp³-hybridized carbons (Fsp3) is 0.133. The van der Waals surface area contributed by atoms with Gasteiger partial charge in [0.2, 0.25) is 0 Å². The zero-order valence-electron chi connectivity index (χ0n) is 20.2. The fourth-order valence-corrected chi connectivity index (χ4v) is 3.55. The Bertz CT molecular complexity index is 1280. The molecule has 37 heavy (non-hydrogen) atoms. The Morgan fingerprint density at radius 1 is 0.865 bits per heavy atom. The lowest BCUT2D eigenvalue weighted by molar-refractivity contribution is -0.145. The molecule has 0 saturated carbocycles. The van der Waals surface area contributed by atoms with Crippen molar-refractivity contribution in [3.05, 3.63) is 121 Å². The van der Waals surface area contributed by atoms with E-state index in [9.17, 15) is 9.90 Å². The molecule has 7 heteroatoms. The molecule has 0 radical (unpaired) electrons. The van der Waals surface area contributed by atoms with E-state index in [2.05, 4.69) is 17.0 Å². The number of pyridine rings is 1. The second-order valence-corrected chi connectivity index (χ2v) is 8.18. The number of carboxylic acid groups (broad SMARTS) is 1. The molecule has 1 aromatic heterocycles. The number of nitrogens with zero attached hydrogens (tertiary/aromatic N) is 1. The van der Waals surface area contributed by atoms with Crippen molar-refractivity contribution in [2.45, 2.75) is 12.5 Å². The maximum atomic E-state index is 11.6. The van der Waals surface area contributed by atoms with Crippen LogP contribution in [0.5, 0.6) is 11.5 Å². The number of benzene rings is 3. The lowest BCUT2D eigenvalue weighted by Gasteiger charge is -2.15. The average Bonchev–Trinajstić information content (AvgIpc) is 2.94. The highest BCUT2D eigenvalue weighted by molar-refractivity contribution is 5.73. The Morgan fingerprint density at radius 3 is 2.27 bits per heavy atom. The van der Waals surface area contributed by atoms with Gasteiger partial charge in [-0.25, -0.2) is 4.79 Å². The smallest absolute Gasteiger partial charge is 0.345 e. The van der Waals surface area contributed by atoms with Gasteiger partial charge in [0, 0.05) is 18.2 Å². The maximum absolute atomic E-state index is 11.6. The second-order valence-electron chi connectivity index (χ2n) is 8.18. The number of hydroxylamine groups is 1. The van der Waals surface area contributed by atoms with E-state index < -0.39 is 12.1 Å². The summed E-state index contributed by atoms with van der Waals surface area (Å²) >= 11 is 0. The Morgan fingerprint density at radius 2 is 1.59 bits per heavy atom. The van der Waals surface area contributed by atoms with E-state index in [4.69, 9.17) is 14.3 Å². The Hall–Kier alpha value is -4.62. The van der Waals surface area contributed by atoms with Gasteiger partial charge in [-0.05, 0) is 47.5 Å². The van der Waals surface area contributed by atoms with E-state index in [0.29, 0.717) is 30.4 Å². The molecule has 0 amide bonds. The first-order chi connectivity index (χ1) is 18.1. The SMILES string of the molecule is C=C(NOCCOc1ccc(CC(Oc2ccccc2)C(=O)O)cc1)c1ccc(-c2ccccn2)cc1. The van der Waals surface area contributed by atoms with Crippen LogP contribution >= 0.6 is 0 Å². The minimum Gasteiger partial charge on any atom is -0.491 e. The van der Waals surface area contributed by atoms with Crippen molar-refractivity contribution in [2.24, 2.45) is 0 Å². The summed E-state index contributed by atoms with van der Waals surface area (Å²) in [6, 6.07) is 29.9. The summed E-state index contributed by atoms with van der Waals surface area (Å²) in [5.41, 5.74) is 7.17. The summed E-state index contributed by atoms with van der Waals surface area (Å²) in [6.07, 6.45) is 1.03. The standard InChI is InChI=1S/C30H28N2O5/c1-22(24-12-14-25(15-13-24)28-9-5-6-18-31-28)32-36-20-19-35-26-16-10-23(11-17-26)21-29(30(33)34)37-27-7-3-2-4-8-27/h2-18,29,32H,1,19-21H2,(H,33,34). The molecule has 4 aromatic rings. The highest BCUT2D eigenvalue weighted by atomic mass is 16.7. The number of aliphatic carboxylic acids is 1. The van der Waals surface area contributed by atoms with Crippen LogP contribution in [0.1, 0.15) is 11.1 Å². The lowest BCUT2D eigenvalue weighted by atomic mass is 10.1. The Balaban J connectivity index is 1.18. The van der Waals surface area contributed by atoms with E-state index in [1.54, 1.807) is 42.6 Å². The second kappa shape index (κ2) is 12.9. The van der Waals surface area contributed by atoms with Gasteiger partial charge in [0.25, 0.3) is 0 Å². The highest BCUT2D eigenvalue weighted by Gasteiger charge is 2.20. The number of para-hydroxylation sites is 1. The summed E-state index contributed by atoms with van der Waals surface area (Å²) in [4.78, 5) is 21.4. The number of carboxylic acids is 1. The van der Waals surface area contributed by atoms with E-state index in [0.717, 1.165) is 22.4 Å². The summed E-state index contributed by atoms with van der Waals surface area (Å²) in [7, 11) is 0. The monoisotopic (exact) mass is 496 g/mol. The van der Waals surface area contributed by atoms with Crippen LogP contribution in [0.15, 0.2) is 110 Å². The van der Waals surface area contributed by atoms with Gasteiger partial charge in [0.05, 0.1) is 11.4 Å². The minimum absolute atomic E-state index is 0.239. The summed E-state index contributed by atoms with van der Waals surface area (Å²) < 4.78 is 11.3. The summed E-state index contributed by atoms with van der Waals surface area (Å²) in [5, 5.41) is 9.51. The molecule has 0 aliphatic heterocycles. The third-order valence-corrected chi connectivity index (χ3v) is 5.48. The van der Waals surface area contributed by atoms with Crippen LogP contribution in [0.25, 0.3) is 17.0 Å². The molecule has 1 atom stereocenters. The van der Waals surface area contributed by atoms with Crippen LogP contribution in [0, 0.1) is 0 Å². The molecule has 0 aliphatic carbocycles. The first kappa shape index (κ1) is 25.5. The first-order valence-electron chi connectivity index (χ1n) is 11.8. The average molecular weight is 497 g/mol. The number of aromatic nitrogens is 1. The van der Waals surface area contributed by atoms with Gasteiger partial charge in [-0.2, -0.15) is 0 Å². The van der Waals surface area contributed by atoms with Crippen LogP contribution in [0.2, 0.25) is 0 Å². The number of carbonyl (C=O) groups is 1. The predicted octanol–water partition coefficient (Wildman–Crippen LogP) is 5.39. The third-order valence-electron chi connectivity index (χ3n) is 5.48. The van der Waals surface area contributed by atoms with Crippen LogP contribution in [0.4, 0.5) is 0 Å². The zero-order valence-corrected chi connectivity index (χ0v) is 20.2. The molecule has 1 heterocycles. The van der Waals surface area contributed by atoms with Crippen molar-refractivity contribution in [3.8, 4) is 22.8 Å².